The van der Waals surface area contributed by atoms with E-state index in [-0.39, 0.29) is 5.02 Å². The van der Waals surface area contributed by atoms with Crippen LogP contribution in [0.4, 0.5) is 4.39 Å². The highest BCUT2D eigenvalue weighted by Crippen LogP contribution is 2.35. The summed E-state index contributed by atoms with van der Waals surface area (Å²) in [5.74, 6) is 0.555. The summed E-state index contributed by atoms with van der Waals surface area (Å²) < 4.78 is 19.9. The monoisotopic (exact) mass is 357 g/mol. The van der Waals surface area contributed by atoms with Crippen LogP contribution < -0.4 is 10.5 Å². The number of halogens is 3. The summed E-state index contributed by atoms with van der Waals surface area (Å²) in [5, 5.41) is 0.0535. The van der Waals surface area contributed by atoms with Gasteiger partial charge in [-0.2, -0.15) is 0 Å². The second-order valence-electron chi connectivity index (χ2n) is 4.44. The SMILES string of the molecule is Cc1ccc(CCN)cc1Oc1cc(F)c(Cl)cc1Br. The van der Waals surface area contributed by atoms with Gasteiger partial charge in [-0.3, -0.25) is 0 Å². The average Bonchev–Trinajstić information content (AvgIpc) is 2.40. The Hall–Kier alpha value is -1.10. The first kappa shape index (κ1) is 15.3. The molecule has 0 atom stereocenters. The van der Waals surface area contributed by atoms with E-state index < -0.39 is 5.82 Å². The van der Waals surface area contributed by atoms with Crippen LogP contribution in [0.5, 0.6) is 11.5 Å². The van der Waals surface area contributed by atoms with Gasteiger partial charge in [0.05, 0.1) is 9.50 Å². The van der Waals surface area contributed by atoms with Gasteiger partial charge in [0.2, 0.25) is 0 Å². The van der Waals surface area contributed by atoms with E-state index in [0.29, 0.717) is 22.5 Å². The van der Waals surface area contributed by atoms with Crippen molar-refractivity contribution in [3.8, 4) is 11.5 Å². The fraction of sp³-hybridized carbons (Fsp3) is 0.200. The Kier molecular flexibility index (Phi) is 5.02. The smallest absolute Gasteiger partial charge is 0.145 e. The molecule has 0 aromatic heterocycles. The van der Waals surface area contributed by atoms with Crippen molar-refractivity contribution in [2.45, 2.75) is 13.3 Å². The number of hydrogen-bond acceptors (Lipinski definition) is 2. The Labute approximate surface area is 130 Å². The van der Waals surface area contributed by atoms with Crippen LogP contribution in [0.2, 0.25) is 5.02 Å². The topological polar surface area (TPSA) is 35.2 Å². The van der Waals surface area contributed by atoms with E-state index in [4.69, 9.17) is 22.1 Å². The minimum Gasteiger partial charge on any atom is -0.456 e. The molecule has 0 unspecified atom stereocenters. The molecule has 2 rings (SSSR count). The zero-order chi connectivity index (χ0) is 14.7. The van der Waals surface area contributed by atoms with Crippen LogP contribution in [0.1, 0.15) is 11.1 Å². The van der Waals surface area contributed by atoms with Crippen molar-refractivity contribution in [2.75, 3.05) is 6.54 Å². The van der Waals surface area contributed by atoms with Gasteiger partial charge in [-0.25, -0.2) is 4.39 Å². The second-order valence-corrected chi connectivity index (χ2v) is 5.70. The molecule has 5 heteroatoms. The maximum atomic E-state index is 13.5. The molecule has 106 valence electrons. The Bertz CT molecular complexity index is 634. The highest BCUT2D eigenvalue weighted by Gasteiger charge is 2.10. The minimum atomic E-state index is -0.513. The molecule has 0 aliphatic heterocycles. The summed E-state index contributed by atoms with van der Waals surface area (Å²) in [4.78, 5) is 0. The Morgan fingerprint density at radius 2 is 2.00 bits per heavy atom. The molecular formula is C15H14BrClFNO. The van der Waals surface area contributed by atoms with E-state index in [9.17, 15) is 4.39 Å². The molecule has 0 aliphatic carbocycles. The second kappa shape index (κ2) is 6.57. The van der Waals surface area contributed by atoms with Crippen molar-refractivity contribution in [3.63, 3.8) is 0 Å². The summed E-state index contributed by atoms with van der Waals surface area (Å²) >= 11 is 9.03. The lowest BCUT2D eigenvalue weighted by atomic mass is 10.1. The molecule has 2 aromatic rings. The molecule has 0 amide bonds. The van der Waals surface area contributed by atoms with E-state index in [2.05, 4.69) is 15.9 Å². The number of aryl methyl sites for hydroxylation is 1. The first-order valence-corrected chi connectivity index (χ1v) is 7.30. The summed E-state index contributed by atoms with van der Waals surface area (Å²) in [6, 6.07) is 8.63. The molecule has 0 radical (unpaired) electrons. The van der Waals surface area contributed by atoms with Crippen LogP contribution in [0, 0.1) is 12.7 Å². The highest BCUT2D eigenvalue weighted by atomic mass is 79.9. The molecule has 0 heterocycles. The van der Waals surface area contributed by atoms with Crippen LogP contribution in [0.15, 0.2) is 34.8 Å². The van der Waals surface area contributed by atoms with E-state index in [1.54, 1.807) is 0 Å². The quantitative estimate of drug-likeness (QED) is 0.793. The number of rotatable bonds is 4. The van der Waals surface area contributed by atoms with Crippen LogP contribution in [0.25, 0.3) is 0 Å². The van der Waals surface area contributed by atoms with Gasteiger partial charge in [0.25, 0.3) is 0 Å². The summed E-state index contributed by atoms with van der Waals surface area (Å²) in [5.41, 5.74) is 7.60. The zero-order valence-corrected chi connectivity index (χ0v) is 13.3. The third kappa shape index (κ3) is 3.51. The van der Waals surface area contributed by atoms with Crippen LogP contribution in [-0.2, 0) is 6.42 Å². The molecule has 2 aromatic carbocycles. The van der Waals surface area contributed by atoms with Crippen molar-refractivity contribution in [2.24, 2.45) is 5.73 Å². The average molecular weight is 359 g/mol. The lowest BCUT2D eigenvalue weighted by molar-refractivity contribution is 0.469. The lowest BCUT2D eigenvalue weighted by Crippen LogP contribution is -2.03. The number of nitrogens with two attached hydrogens (primary N) is 1. The number of hydrogen-bond donors (Lipinski definition) is 1. The van der Waals surface area contributed by atoms with Gasteiger partial charge in [-0.1, -0.05) is 23.7 Å². The fourth-order valence-electron chi connectivity index (χ4n) is 1.78. The molecular weight excluding hydrogens is 345 g/mol. The van der Waals surface area contributed by atoms with Gasteiger partial charge in [-0.15, -0.1) is 0 Å². The third-order valence-electron chi connectivity index (χ3n) is 2.88. The summed E-state index contributed by atoms with van der Waals surface area (Å²) in [6.07, 6.45) is 0.771. The maximum absolute atomic E-state index is 13.5. The van der Waals surface area contributed by atoms with Gasteiger partial charge < -0.3 is 10.5 Å². The number of ether oxygens (including phenoxy) is 1. The minimum absolute atomic E-state index is 0.0535. The molecule has 0 saturated carbocycles. The normalized spacial score (nSPS) is 10.7. The Morgan fingerprint density at radius 1 is 1.25 bits per heavy atom. The lowest BCUT2D eigenvalue weighted by Gasteiger charge is -2.12. The van der Waals surface area contributed by atoms with Crippen LogP contribution >= 0.6 is 27.5 Å². The largest absolute Gasteiger partial charge is 0.456 e. The van der Waals surface area contributed by atoms with Crippen molar-refractivity contribution in [3.05, 3.63) is 56.8 Å². The molecule has 0 fully saturated rings. The Morgan fingerprint density at radius 3 is 2.70 bits per heavy atom. The van der Waals surface area contributed by atoms with Gasteiger partial charge in [0, 0.05) is 6.07 Å². The molecule has 2 N–H and O–H groups in total. The first-order chi connectivity index (χ1) is 9.51. The van der Waals surface area contributed by atoms with Crippen molar-refractivity contribution in [1.82, 2.24) is 0 Å². The standard InChI is InChI=1S/C15H14BrClFNO/c1-9-2-3-10(4-5-19)6-14(9)20-15-8-13(18)12(17)7-11(15)16/h2-3,6-8H,4-5,19H2,1H3. The highest BCUT2D eigenvalue weighted by molar-refractivity contribution is 9.10. The predicted molar refractivity (Wildman–Crippen MR) is 83.1 cm³/mol. The zero-order valence-electron chi connectivity index (χ0n) is 10.9. The van der Waals surface area contributed by atoms with E-state index in [1.807, 2.05) is 25.1 Å². The fourth-order valence-corrected chi connectivity index (χ4v) is 2.50. The molecule has 0 spiro atoms. The number of benzene rings is 2. The van der Waals surface area contributed by atoms with Crippen LogP contribution in [0.3, 0.4) is 0 Å². The van der Waals surface area contributed by atoms with Gasteiger partial charge in [0.1, 0.15) is 17.3 Å². The molecule has 0 saturated heterocycles. The predicted octanol–water partition coefficient (Wildman–Crippen LogP) is 4.84. The molecule has 0 bridgehead atoms. The summed E-state index contributed by atoms with van der Waals surface area (Å²) in [6.45, 7) is 2.50. The van der Waals surface area contributed by atoms with Crippen molar-refractivity contribution in [1.29, 1.82) is 0 Å². The summed E-state index contributed by atoms with van der Waals surface area (Å²) in [7, 11) is 0. The molecule has 20 heavy (non-hydrogen) atoms. The van der Waals surface area contributed by atoms with E-state index in [0.717, 1.165) is 17.5 Å². The van der Waals surface area contributed by atoms with Gasteiger partial charge in [0.15, 0.2) is 0 Å². The van der Waals surface area contributed by atoms with Crippen molar-refractivity contribution < 1.29 is 9.13 Å². The molecule has 0 aliphatic rings. The van der Waals surface area contributed by atoms with E-state index >= 15 is 0 Å². The van der Waals surface area contributed by atoms with Gasteiger partial charge >= 0.3 is 0 Å². The van der Waals surface area contributed by atoms with E-state index in [1.165, 1.54) is 12.1 Å². The van der Waals surface area contributed by atoms with Crippen molar-refractivity contribution >= 4 is 27.5 Å². The molecule has 2 nitrogen and oxygen atoms in total. The van der Waals surface area contributed by atoms with Crippen LogP contribution in [-0.4, -0.2) is 6.54 Å². The maximum Gasteiger partial charge on any atom is 0.145 e. The van der Waals surface area contributed by atoms with Gasteiger partial charge in [-0.05, 0) is 59.1 Å². The third-order valence-corrected chi connectivity index (χ3v) is 3.79. The first-order valence-electron chi connectivity index (χ1n) is 6.13. The Balaban J connectivity index is 2.34.